The first kappa shape index (κ1) is 49.4. The Balaban J connectivity index is 1.72. The van der Waals surface area contributed by atoms with Crippen LogP contribution in [0, 0.1) is 0 Å². The van der Waals surface area contributed by atoms with Crippen LogP contribution in [0.3, 0.4) is 0 Å². The van der Waals surface area contributed by atoms with Gasteiger partial charge in [-0.3, -0.25) is 9.59 Å². The van der Waals surface area contributed by atoms with Crippen LogP contribution in [0.15, 0.2) is 58.3 Å². The first-order valence-corrected chi connectivity index (χ1v) is 25.8. The van der Waals surface area contributed by atoms with Crippen LogP contribution < -0.4 is 0 Å². The molecule has 2 aliphatic heterocycles. The van der Waals surface area contributed by atoms with Crippen LogP contribution in [0.4, 0.5) is 0 Å². The monoisotopic (exact) mass is 892 g/mol. The number of hydrogen-bond acceptors (Lipinski definition) is 8. The van der Waals surface area contributed by atoms with E-state index in [0.29, 0.717) is 35.1 Å². The number of carbonyl (C=O) groups is 2. The number of nitrogens with zero attached hydrogens (tertiary/aromatic N) is 2. The molecule has 12 heteroatoms. The average Bonchev–Trinajstić information content (AvgIpc) is 3.86. The number of ether oxygens (including phenoxy) is 2. The molecular formula is C50H72N2O8S2. The lowest BCUT2D eigenvalue weighted by atomic mass is 9.89. The third-order valence-electron chi connectivity index (χ3n) is 12.6. The highest BCUT2D eigenvalue weighted by Gasteiger charge is 2.50. The SMILES string of the molecule is CCOC(=O)C1CCC(c2cccc(C3CCC(OC(=O)CC)N3S(=O)(=O)c3c(C(C)C)cc(C(C)C)cc3C(C)C)c2)N1S(=O)(=O)c1c(C(C)C)cc(C(C)C)cc1C(C)C. The number of benzene rings is 3. The predicted octanol–water partition coefficient (Wildman–Crippen LogP) is 11.7. The Kier molecular flexibility index (Phi) is 15.7. The molecule has 3 aromatic rings. The summed E-state index contributed by atoms with van der Waals surface area (Å²) in [5.74, 6) is -1.22. The van der Waals surface area contributed by atoms with E-state index in [-0.39, 0.29) is 71.2 Å². The number of rotatable bonds is 16. The van der Waals surface area contributed by atoms with E-state index >= 15 is 16.8 Å². The summed E-state index contributed by atoms with van der Waals surface area (Å²) in [5, 5.41) is 0. The van der Waals surface area contributed by atoms with Gasteiger partial charge in [-0.1, -0.05) is 139 Å². The fourth-order valence-corrected chi connectivity index (χ4v) is 14.1. The number of esters is 2. The van der Waals surface area contributed by atoms with E-state index in [1.54, 1.807) is 13.8 Å². The van der Waals surface area contributed by atoms with Gasteiger partial charge >= 0.3 is 11.9 Å². The van der Waals surface area contributed by atoms with E-state index in [9.17, 15) is 9.59 Å². The first-order chi connectivity index (χ1) is 29.0. The molecule has 5 rings (SSSR count). The summed E-state index contributed by atoms with van der Waals surface area (Å²) in [6.07, 6.45) is 0.318. The summed E-state index contributed by atoms with van der Waals surface area (Å²) >= 11 is 0. The molecule has 0 saturated carbocycles. The second kappa shape index (κ2) is 19.7. The smallest absolute Gasteiger partial charge is 0.324 e. The van der Waals surface area contributed by atoms with Crippen LogP contribution in [0.5, 0.6) is 0 Å². The standard InChI is InChI=1S/C50H72N2O8S2/c1-15-47(53)60-46-23-22-44(52(46)62(57,58)49-41(33(11)12)27-38(30(5)6)28-42(49)34(13)14)36-19-17-18-35(24-36)43-20-21-45(50(54)59-16-2)51(43)61(55,56)48-39(31(7)8)25-37(29(3)4)26-40(48)32(9)10/h17-19,24-34,43-46H,15-16,20-23H2,1-14H3. The van der Waals surface area contributed by atoms with Crippen molar-refractivity contribution in [2.45, 2.75) is 199 Å². The van der Waals surface area contributed by atoms with Crippen molar-refractivity contribution >= 4 is 32.0 Å². The van der Waals surface area contributed by atoms with Gasteiger partial charge in [0.25, 0.3) is 0 Å². The van der Waals surface area contributed by atoms with Crippen molar-refractivity contribution in [1.82, 2.24) is 8.61 Å². The zero-order valence-electron chi connectivity index (χ0n) is 39.6. The minimum atomic E-state index is -4.34. The highest BCUT2D eigenvalue weighted by molar-refractivity contribution is 7.89. The van der Waals surface area contributed by atoms with Crippen LogP contribution in [0.2, 0.25) is 0 Å². The van der Waals surface area contributed by atoms with E-state index in [2.05, 4.69) is 27.7 Å². The Labute approximate surface area is 373 Å². The Morgan fingerprint density at radius 2 is 0.984 bits per heavy atom. The highest BCUT2D eigenvalue weighted by Crippen LogP contribution is 2.48. The molecule has 0 radical (unpaired) electrons. The average molecular weight is 893 g/mol. The number of hydrogen-bond donors (Lipinski definition) is 0. The van der Waals surface area contributed by atoms with Crippen molar-refractivity contribution in [2.24, 2.45) is 0 Å². The maximum atomic E-state index is 15.5. The molecule has 62 heavy (non-hydrogen) atoms. The lowest BCUT2D eigenvalue weighted by Gasteiger charge is -2.33. The maximum Gasteiger partial charge on any atom is 0.324 e. The molecule has 0 aliphatic carbocycles. The molecule has 3 aromatic carbocycles. The normalized spacial score (nSPS) is 20.5. The van der Waals surface area contributed by atoms with Gasteiger partial charge in [-0.15, -0.1) is 0 Å². The van der Waals surface area contributed by atoms with Crippen LogP contribution in [0.25, 0.3) is 0 Å². The zero-order chi connectivity index (χ0) is 46.2. The van der Waals surface area contributed by atoms with Crippen molar-refractivity contribution in [3.05, 3.63) is 93.0 Å². The van der Waals surface area contributed by atoms with Crippen molar-refractivity contribution in [3.8, 4) is 0 Å². The van der Waals surface area contributed by atoms with Gasteiger partial charge in [-0.05, 0) is 106 Å². The molecule has 2 fully saturated rings. The molecule has 10 nitrogen and oxygen atoms in total. The molecule has 4 unspecified atom stereocenters. The van der Waals surface area contributed by atoms with Crippen molar-refractivity contribution < 1.29 is 35.9 Å². The molecule has 4 atom stereocenters. The van der Waals surface area contributed by atoms with Gasteiger partial charge in [-0.2, -0.15) is 8.61 Å². The van der Waals surface area contributed by atoms with Gasteiger partial charge in [0.1, 0.15) is 6.04 Å². The highest BCUT2D eigenvalue weighted by atomic mass is 32.2. The summed E-state index contributed by atoms with van der Waals surface area (Å²) in [7, 11) is -8.64. The molecular weight excluding hydrogens is 821 g/mol. The molecule has 342 valence electrons. The number of sulfonamides is 2. The Morgan fingerprint density at radius 1 is 0.581 bits per heavy atom. The molecule has 0 spiro atoms. The van der Waals surface area contributed by atoms with Crippen molar-refractivity contribution in [3.63, 3.8) is 0 Å². The largest absolute Gasteiger partial charge is 0.465 e. The topological polar surface area (TPSA) is 127 Å². The quantitative estimate of drug-likeness (QED) is 0.130. The van der Waals surface area contributed by atoms with E-state index < -0.39 is 56.3 Å². The van der Waals surface area contributed by atoms with Crippen molar-refractivity contribution in [2.75, 3.05) is 6.61 Å². The minimum absolute atomic E-state index is 0.0903. The fraction of sp³-hybridized carbons (Fsp3) is 0.600. The first-order valence-electron chi connectivity index (χ1n) is 22.9. The molecule has 0 bridgehead atoms. The molecule has 0 amide bonds. The second-order valence-electron chi connectivity index (χ2n) is 19.1. The lowest BCUT2D eigenvalue weighted by Crippen LogP contribution is -2.43. The lowest BCUT2D eigenvalue weighted by molar-refractivity contribution is -0.153. The molecule has 0 aromatic heterocycles. The van der Waals surface area contributed by atoms with Gasteiger partial charge in [0, 0.05) is 12.8 Å². The Bertz CT molecular complexity index is 2270. The maximum absolute atomic E-state index is 15.5. The third-order valence-corrected chi connectivity index (χ3v) is 16.7. The van der Waals surface area contributed by atoms with Gasteiger partial charge in [0.15, 0.2) is 6.23 Å². The summed E-state index contributed by atoms with van der Waals surface area (Å²) in [5.41, 5.74) is 6.28. The van der Waals surface area contributed by atoms with E-state index in [0.717, 1.165) is 22.3 Å². The molecule has 2 saturated heterocycles. The summed E-state index contributed by atoms with van der Waals surface area (Å²) in [6.45, 7) is 27.9. The van der Waals surface area contributed by atoms with Crippen LogP contribution in [-0.2, 0) is 39.1 Å². The van der Waals surface area contributed by atoms with E-state index in [1.807, 2.05) is 104 Å². The summed E-state index contributed by atoms with van der Waals surface area (Å²) in [4.78, 5) is 27.2. The molecule has 2 heterocycles. The zero-order valence-corrected chi connectivity index (χ0v) is 41.2. The predicted molar refractivity (Wildman–Crippen MR) is 246 cm³/mol. The van der Waals surface area contributed by atoms with E-state index in [4.69, 9.17) is 9.47 Å². The fourth-order valence-electron chi connectivity index (χ4n) is 9.19. The van der Waals surface area contributed by atoms with Crippen LogP contribution in [0.1, 0.15) is 221 Å². The Morgan fingerprint density at radius 3 is 1.37 bits per heavy atom. The summed E-state index contributed by atoms with van der Waals surface area (Å²) < 4.78 is 76.4. The van der Waals surface area contributed by atoms with Crippen LogP contribution in [-0.4, -0.2) is 56.3 Å². The van der Waals surface area contributed by atoms with Gasteiger partial charge in [0.2, 0.25) is 20.0 Å². The van der Waals surface area contributed by atoms with E-state index in [1.165, 1.54) is 8.61 Å². The molecule has 0 N–H and O–H groups in total. The van der Waals surface area contributed by atoms with Crippen molar-refractivity contribution in [1.29, 1.82) is 0 Å². The van der Waals surface area contributed by atoms with Gasteiger partial charge in [0.05, 0.1) is 28.5 Å². The Hall–Kier alpha value is -3.58. The minimum Gasteiger partial charge on any atom is -0.465 e. The van der Waals surface area contributed by atoms with Crippen LogP contribution >= 0.6 is 0 Å². The number of carbonyl (C=O) groups excluding carboxylic acids is 2. The summed E-state index contributed by atoms with van der Waals surface area (Å²) in [6, 6.07) is 12.9. The molecule has 2 aliphatic rings. The van der Waals surface area contributed by atoms with Gasteiger partial charge in [-0.25, -0.2) is 16.8 Å². The third kappa shape index (κ3) is 9.73. The van der Waals surface area contributed by atoms with Gasteiger partial charge < -0.3 is 9.47 Å². The second-order valence-corrected chi connectivity index (χ2v) is 22.6.